The fourth-order valence-electron chi connectivity index (χ4n) is 1.36. The predicted octanol–water partition coefficient (Wildman–Crippen LogP) is 4.56. The zero-order valence-electron chi connectivity index (χ0n) is 8.97. The van der Waals surface area contributed by atoms with Crippen molar-refractivity contribution in [3.8, 4) is 0 Å². The van der Waals surface area contributed by atoms with Crippen LogP contribution in [0.1, 0.15) is 59.3 Å². The van der Waals surface area contributed by atoms with E-state index in [4.69, 9.17) is 0 Å². The van der Waals surface area contributed by atoms with E-state index in [-0.39, 0.29) is 0 Å². The molecule has 0 aliphatic heterocycles. The SMILES string of the molecule is CC/C=C/CC(C)CCCCC. The summed E-state index contributed by atoms with van der Waals surface area (Å²) in [7, 11) is 0. The standard InChI is InChI=1S/C12H24/c1-4-6-8-10-12(3)11-9-7-5-2/h6,8,12H,4-5,7,9-11H2,1-3H3/b8-6+. The lowest BCUT2D eigenvalue weighted by atomic mass is 10.00. The summed E-state index contributed by atoms with van der Waals surface area (Å²) in [5.41, 5.74) is 0. The van der Waals surface area contributed by atoms with Crippen LogP contribution in [-0.4, -0.2) is 0 Å². The Morgan fingerprint density at radius 3 is 2.42 bits per heavy atom. The van der Waals surface area contributed by atoms with E-state index in [0.29, 0.717) is 0 Å². The Kier molecular flexibility index (Phi) is 8.64. The largest absolute Gasteiger partial charge is 0.0888 e. The monoisotopic (exact) mass is 168 g/mol. The van der Waals surface area contributed by atoms with Crippen LogP contribution in [0, 0.1) is 5.92 Å². The summed E-state index contributed by atoms with van der Waals surface area (Å²) in [4.78, 5) is 0. The molecule has 0 aromatic rings. The zero-order chi connectivity index (χ0) is 9.23. The van der Waals surface area contributed by atoms with Crippen LogP contribution in [0.3, 0.4) is 0 Å². The summed E-state index contributed by atoms with van der Waals surface area (Å²) < 4.78 is 0. The molecule has 12 heavy (non-hydrogen) atoms. The first-order valence-electron chi connectivity index (χ1n) is 5.46. The highest BCUT2D eigenvalue weighted by atomic mass is 14.0. The van der Waals surface area contributed by atoms with E-state index in [1.165, 1.54) is 38.5 Å². The molecule has 0 radical (unpaired) electrons. The molecule has 0 nitrogen and oxygen atoms in total. The van der Waals surface area contributed by atoms with E-state index in [1.54, 1.807) is 0 Å². The molecular formula is C12H24. The van der Waals surface area contributed by atoms with E-state index in [1.807, 2.05) is 0 Å². The minimum Gasteiger partial charge on any atom is -0.0888 e. The molecular weight excluding hydrogens is 144 g/mol. The van der Waals surface area contributed by atoms with Crippen LogP contribution in [0.15, 0.2) is 12.2 Å². The van der Waals surface area contributed by atoms with Crippen molar-refractivity contribution < 1.29 is 0 Å². The molecule has 0 heteroatoms. The molecule has 1 unspecified atom stereocenters. The van der Waals surface area contributed by atoms with Crippen molar-refractivity contribution in [1.29, 1.82) is 0 Å². The normalized spacial score (nSPS) is 13.9. The minimum absolute atomic E-state index is 0.888. The molecule has 0 heterocycles. The molecule has 1 atom stereocenters. The van der Waals surface area contributed by atoms with Crippen molar-refractivity contribution in [3.63, 3.8) is 0 Å². The molecule has 0 saturated carbocycles. The lowest BCUT2D eigenvalue weighted by Gasteiger charge is -2.06. The molecule has 0 amide bonds. The summed E-state index contributed by atoms with van der Waals surface area (Å²) >= 11 is 0. The average molecular weight is 168 g/mol. The van der Waals surface area contributed by atoms with Crippen molar-refractivity contribution in [3.05, 3.63) is 12.2 Å². The Morgan fingerprint density at radius 1 is 1.08 bits per heavy atom. The van der Waals surface area contributed by atoms with Gasteiger partial charge in [-0.25, -0.2) is 0 Å². The molecule has 0 N–H and O–H groups in total. The summed E-state index contributed by atoms with van der Waals surface area (Å²) in [6, 6.07) is 0. The van der Waals surface area contributed by atoms with Gasteiger partial charge in [-0.2, -0.15) is 0 Å². The molecule has 0 saturated heterocycles. The quantitative estimate of drug-likeness (QED) is 0.386. The van der Waals surface area contributed by atoms with E-state index < -0.39 is 0 Å². The van der Waals surface area contributed by atoms with Crippen molar-refractivity contribution in [2.75, 3.05) is 0 Å². The third kappa shape index (κ3) is 7.84. The Bertz CT molecular complexity index is 103. The highest BCUT2D eigenvalue weighted by Gasteiger charge is 1.97. The number of rotatable bonds is 7. The van der Waals surface area contributed by atoms with Gasteiger partial charge in [-0.15, -0.1) is 0 Å². The van der Waals surface area contributed by atoms with Gasteiger partial charge in [0.2, 0.25) is 0 Å². The fourth-order valence-corrected chi connectivity index (χ4v) is 1.36. The minimum atomic E-state index is 0.888. The second-order valence-corrected chi connectivity index (χ2v) is 3.72. The van der Waals surface area contributed by atoms with E-state index in [2.05, 4.69) is 32.9 Å². The zero-order valence-corrected chi connectivity index (χ0v) is 8.97. The van der Waals surface area contributed by atoms with Gasteiger partial charge in [0.1, 0.15) is 0 Å². The third-order valence-corrected chi connectivity index (χ3v) is 2.24. The molecule has 0 fully saturated rings. The Hall–Kier alpha value is -0.260. The maximum absolute atomic E-state index is 2.36. The molecule has 0 rings (SSSR count). The number of unbranched alkanes of at least 4 members (excludes halogenated alkanes) is 2. The van der Waals surface area contributed by atoms with Crippen LogP contribution >= 0.6 is 0 Å². The van der Waals surface area contributed by atoms with Crippen molar-refractivity contribution in [2.24, 2.45) is 5.92 Å². The highest BCUT2D eigenvalue weighted by molar-refractivity contribution is 4.81. The first-order valence-corrected chi connectivity index (χ1v) is 5.46. The second kappa shape index (κ2) is 8.83. The van der Waals surface area contributed by atoms with E-state index in [9.17, 15) is 0 Å². The number of hydrogen-bond donors (Lipinski definition) is 0. The van der Waals surface area contributed by atoms with Gasteiger partial charge < -0.3 is 0 Å². The van der Waals surface area contributed by atoms with Gasteiger partial charge in [-0.1, -0.05) is 58.6 Å². The second-order valence-electron chi connectivity index (χ2n) is 3.72. The topological polar surface area (TPSA) is 0 Å². The summed E-state index contributed by atoms with van der Waals surface area (Å²) in [6.07, 6.45) is 12.6. The lowest BCUT2D eigenvalue weighted by Crippen LogP contribution is -1.92. The van der Waals surface area contributed by atoms with Crippen LogP contribution in [0.4, 0.5) is 0 Å². The average Bonchev–Trinajstić information content (AvgIpc) is 2.06. The highest BCUT2D eigenvalue weighted by Crippen LogP contribution is 2.13. The molecule has 0 aliphatic carbocycles. The van der Waals surface area contributed by atoms with Crippen LogP contribution < -0.4 is 0 Å². The van der Waals surface area contributed by atoms with Gasteiger partial charge in [-0.05, 0) is 18.8 Å². The molecule has 72 valence electrons. The first kappa shape index (κ1) is 11.7. The Labute approximate surface area is 78.1 Å². The van der Waals surface area contributed by atoms with Crippen LogP contribution in [0.2, 0.25) is 0 Å². The van der Waals surface area contributed by atoms with Gasteiger partial charge in [0.15, 0.2) is 0 Å². The van der Waals surface area contributed by atoms with Crippen molar-refractivity contribution >= 4 is 0 Å². The van der Waals surface area contributed by atoms with Crippen LogP contribution in [0.25, 0.3) is 0 Å². The van der Waals surface area contributed by atoms with Crippen LogP contribution in [-0.2, 0) is 0 Å². The van der Waals surface area contributed by atoms with Gasteiger partial charge in [0.25, 0.3) is 0 Å². The summed E-state index contributed by atoms with van der Waals surface area (Å²) in [5, 5.41) is 0. The maximum Gasteiger partial charge on any atom is -0.0325 e. The summed E-state index contributed by atoms with van der Waals surface area (Å²) in [5.74, 6) is 0.888. The summed E-state index contributed by atoms with van der Waals surface area (Å²) in [6.45, 7) is 6.82. The van der Waals surface area contributed by atoms with Crippen molar-refractivity contribution in [1.82, 2.24) is 0 Å². The predicted molar refractivity (Wildman–Crippen MR) is 57.4 cm³/mol. The van der Waals surface area contributed by atoms with Gasteiger partial charge in [0.05, 0.1) is 0 Å². The maximum atomic E-state index is 2.36. The van der Waals surface area contributed by atoms with E-state index in [0.717, 1.165) is 5.92 Å². The third-order valence-electron chi connectivity index (χ3n) is 2.24. The number of allylic oxidation sites excluding steroid dienone is 2. The van der Waals surface area contributed by atoms with Crippen molar-refractivity contribution in [2.45, 2.75) is 59.3 Å². The number of hydrogen-bond acceptors (Lipinski definition) is 0. The molecule has 0 aliphatic rings. The van der Waals surface area contributed by atoms with Gasteiger partial charge >= 0.3 is 0 Å². The molecule has 0 aromatic carbocycles. The molecule has 0 spiro atoms. The molecule has 0 bridgehead atoms. The van der Waals surface area contributed by atoms with Gasteiger partial charge in [0, 0.05) is 0 Å². The van der Waals surface area contributed by atoms with E-state index >= 15 is 0 Å². The lowest BCUT2D eigenvalue weighted by molar-refractivity contribution is 0.500. The smallest absolute Gasteiger partial charge is 0.0325 e. The Balaban J connectivity index is 3.21. The van der Waals surface area contributed by atoms with Gasteiger partial charge in [-0.3, -0.25) is 0 Å². The fraction of sp³-hybridized carbons (Fsp3) is 0.833. The van der Waals surface area contributed by atoms with Crippen LogP contribution in [0.5, 0.6) is 0 Å². The Morgan fingerprint density at radius 2 is 1.83 bits per heavy atom. The first-order chi connectivity index (χ1) is 5.81. The molecule has 0 aromatic heterocycles.